The molecule has 9 nitrogen and oxygen atoms in total. The smallest absolute Gasteiger partial charge is 0.329 e. The molecule has 1 fully saturated rings. The molecule has 0 radical (unpaired) electrons. The van der Waals surface area contributed by atoms with Gasteiger partial charge in [-0.25, -0.2) is 9.78 Å². The summed E-state index contributed by atoms with van der Waals surface area (Å²) in [4.78, 5) is 51.2. The number of carbonyl (C=O) groups is 3. The summed E-state index contributed by atoms with van der Waals surface area (Å²) >= 11 is 0. The average molecular weight is 494 g/mol. The van der Waals surface area contributed by atoms with Gasteiger partial charge in [-0.15, -0.1) is 0 Å². The minimum atomic E-state index is -0.496. The fraction of sp³-hybridized carbons (Fsp3) is 0.250. The van der Waals surface area contributed by atoms with Crippen molar-refractivity contribution in [1.82, 2.24) is 14.7 Å². The highest BCUT2D eigenvalue weighted by Gasteiger charge is 2.47. The summed E-state index contributed by atoms with van der Waals surface area (Å²) in [6.07, 6.45) is 9.58. The first-order chi connectivity index (χ1) is 18.0. The Hall–Kier alpha value is -4.37. The maximum absolute atomic E-state index is 13.8. The van der Waals surface area contributed by atoms with Crippen LogP contribution in [-0.4, -0.2) is 63.5 Å². The second-order valence-electron chi connectivity index (χ2n) is 10.2. The number of benzene rings is 1. The highest BCUT2D eigenvalue weighted by Crippen LogP contribution is 2.41. The standard InChI is InChI=1S/C28H24N6O3/c1-34(13-4-5-14-34)28(37)19-15-17-7-6-8-18-24(29-10-12-33(19)25(17)18)23-22(26(35)31-27(23)36)20-16-30-21-9-2-3-11-32(20)21/h2-3,6-12,16,19H,4-5,13-15H2,1H3/p+1/t19-/m1/s1. The van der Waals surface area contributed by atoms with E-state index in [0.29, 0.717) is 28.0 Å². The molecule has 1 saturated heterocycles. The number of pyridine rings is 1. The number of amides is 3. The SMILES string of the molecule is C[N+]1(C(=O)[C@H]2Cc3cccc4c3N2C=CN=C4C2=C(c3cnc4ccccn34)C(=O)NC2=O)CCCC1. The average Bonchev–Trinajstić information content (AvgIpc) is 3.64. The Morgan fingerprint density at radius 1 is 1.05 bits per heavy atom. The van der Waals surface area contributed by atoms with Crippen molar-refractivity contribution in [2.75, 3.05) is 25.0 Å². The van der Waals surface area contributed by atoms with E-state index < -0.39 is 11.8 Å². The number of imide groups is 1. The van der Waals surface area contributed by atoms with Crippen LogP contribution in [-0.2, 0) is 20.8 Å². The van der Waals surface area contributed by atoms with E-state index in [2.05, 4.69) is 15.3 Å². The van der Waals surface area contributed by atoms with Gasteiger partial charge in [0.2, 0.25) is 0 Å². The zero-order valence-electron chi connectivity index (χ0n) is 20.3. The number of hydrogen-bond acceptors (Lipinski definition) is 6. The molecule has 3 aromatic rings. The van der Waals surface area contributed by atoms with Gasteiger partial charge in [-0.3, -0.25) is 28.8 Å². The lowest BCUT2D eigenvalue weighted by molar-refractivity contribution is -0.822. The lowest BCUT2D eigenvalue weighted by Crippen LogP contribution is -2.55. The van der Waals surface area contributed by atoms with Crippen molar-refractivity contribution in [1.29, 1.82) is 0 Å². The largest absolute Gasteiger partial charge is 0.336 e. The zero-order valence-corrected chi connectivity index (χ0v) is 20.3. The Labute approximate surface area is 213 Å². The molecule has 3 amide bonds. The number of nitrogens with one attached hydrogen (secondary N) is 1. The number of aromatic nitrogens is 2. The predicted molar refractivity (Wildman–Crippen MR) is 138 cm³/mol. The molecule has 6 heterocycles. The minimum Gasteiger partial charge on any atom is -0.329 e. The zero-order chi connectivity index (χ0) is 25.3. The molecule has 4 aliphatic rings. The number of imidazole rings is 1. The Balaban J connectivity index is 1.38. The van der Waals surface area contributed by atoms with Gasteiger partial charge in [0, 0.05) is 43.4 Å². The fourth-order valence-corrected chi connectivity index (χ4v) is 6.20. The molecule has 1 N–H and O–H groups in total. The number of carbonyl (C=O) groups excluding carboxylic acids is 3. The van der Waals surface area contributed by atoms with E-state index in [9.17, 15) is 14.4 Å². The first-order valence-electron chi connectivity index (χ1n) is 12.5. The van der Waals surface area contributed by atoms with Gasteiger partial charge in [0.25, 0.3) is 11.8 Å². The summed E-state index contributed by atoms with van der Waals surface area (Å²) in [6, 6.07) is 11.1. The van der Waals surface area contributed by atoms with E-state index in [1.807, 2.05) is 60.7 Å². The van der Waals surface area contributed by atoms with Crippen LogP contribution in [0.1, 0.15) is 29.7 Å². The third kappa shape index (κ3) is 3.10. The third-order valence-corrected chi connectivity index (χ3v) is 8.02. The van der Waals surface area contributed by atoms with Crippen LogP contribution in [0.15, 0.2) is 71.8 Å². The summed E-state index contributed by atoms with van der Waals surface area (Å²) < 4.78 is 2.23. The Bertz CT molecular complexity index is 1620. The molecule has 7 rings (SSSR count). The molecule has 0 saturated carbocycles. The number of quaternary nitrogens is 1. The van der Waals surface area contributed by atoms with Crippen LogP contribution >= 0.6 is 0 Å². The number of likely N-dealkylation sites (tertiary alicyclic amines) is 1. The lowest BCUT2D eigenvalue weighted by atomic mass is 9.94. The molecule has 184 valence electrons. The molecule has 9 heteroatoms. The van der Waals surface area contributed by atoms with E-state index in [4.69, 9.17) is 0 Å². The normalized spacial score (nSPS) is 21.9. The Morgan fingerprint density at radius 2 is 1.86 bits per heavy atom. The van der Waals surface area contributed by atoms with Crippen molar-refractivity contribution in [3.05, 3.63) is 83.6 Å². The monoisotopic (exact) mass is 493 g/mol. The summed E-state index contributed by atoms with van der Waals surface area (Å²) in [6.45, 7) is 1.71. The highest BCUT2D eigenvalue weighted by molar-refractivity contribution is 6.47. The number of aliphatic imine (C=N–C) groups is 1. The second kappa shape index (κ2) is 7.81. The van der Waals surface area contributed by atoms with Crippen LogP contribution < -0.4 is 10.2 Å². The quantitative estimate of drug-likeness (QED) is 0.446. The first kappa shape index (κ1) is 21.9. The topological polar surface area (TPSA) is 96.1 Å². The van der Waals surface area contributed by atoms with Gasteiger partial charge in [0.05, 0.1) is 54.6 Å². The van der Waals surface area contributed by atoms with Crippen LogP contribution in [0.3, 0.4) is 0 Å². The Kier molecular flexibility index (Phi) is 4.62. The molecule has 1 atom stereocenters. The molecule has 0 spiro atoms. The van der Waals surface area contributed by atoms with Crippen molar-refractivity contribution in [2.24, 2.45) is 4.99 Å². The number of rotatable bonds is 3. The number of nitrogens with zero attached hydrogens (tertiary/aromatic N) is 5. The fourth-order valence-electron chi connectivity index (χ4n) is 6.20. The van der Waals surface area contributed by atoms with Crippen molar-refractivity contribution >= 4 is 40.3 Å². The van der Waals surface area contributed by atoms with Crippen molar-refractivity contribution in [3.8, 4) is 0 Å². The minimum absolute atomic E-state index is 0.201. The van der Waals surface area contributed by atoms with Crippen molar-refractivity contribution in [2.45, 2.75) is 25.3 Å². The van der Waals surface area contributed by atoms with E-state index in [0.717, 1.165) is 42.7 Å². The number of anilines is 1. The highest BCUT2D eigenvalue weighted by atomic mass is 16.2. The maximum atomic E-state index is 13.8. The van der Waals surface area contributed by atoms with Crippen LogP contribution in [0.4, 0.5) is 5.69 Å². The number of fused-ring (bicyclic) bond motifs is 1. The summed E-state index contributed by atoms with van der Waals surface area (Å²) in [5.41, 5.74) is 4.69. The van der Waals surface area contributed by atoms with Gasteiger partial charge < -0.3 is 4.90 Å². The second-order valence-corrected chi connectivity index (χ2v) is 10.2. The Morgan fingerprint density at radius 3 is 2.70 bits per heavy atom. The molecular formula is C28H25N6O3+. The van der Waals surface area contributed by atoms with Gasteiger partial charge in [0.15, 0.2) is 6.04 Å². The van der Waals surface area contributed by atoms with Crippen LogP contribution in [0.25, 0.3) is 11.2 Å². The van der Waals surface area contributed by atoms with Gasteiger partial charge in [-0.2, -0.15) is 0 Å². The predicted octanol–water partition coefficient (Wildman–Crippen LogP) is 2.22. The van der Waals surface area contributed by atoms with Crippen molar-refractivity contribution in [3.63, 3.8) is 0 Å². The van der Waals surface area contributed by atoms with Crippen LogP contribution in [0.2, 0.25) is 0 Å². The van der Waals surface area contributed by atoms with Crippen LogP contribution in [0.5, 0.6) is 0 Å². The van der Waals surface area contributed by atoms with E-state index >= 15 is 0 Å². The van der Waals surface area contributed by atoms with Gasteiger partial charge >= 0.3 is 5.91 Å². The van der Waals surface area contributed by atoms with E-state index in [1.165, 1.54) is 0 Å². The van der Waals surface area contributed by atoms with Crippen LogP contribution in [0, 0.1) is 0 Å². The van der Waals surface area contributed by atoms with Gasteiger partial charge in [-0.05, 0) is 17.7 Å². The lowest BCUT2D eigenvalue weighted by Gasteiger charge is -2.32. The maximum Gasteiger partial charge on any atom is 0.336 e. The molecule has 4 aliphatic heterocycles. The van der Waals surface area contributed by atoms with Gasteiger partial charge in [-0.1, -0.05) is 24.3 Å². The molecule has 0 bridgehead atoms. The molecule has 0 aliphatic carbocycles. The number of likely N-dealkylation sites (N-methyl/N-ethyl adjacent to an activating group) is 1. The first-order valence-corrected chi connectivity index (χ1v) is 12.5. The molecule has 2 aromatic heterocycles. The number of hydrogen-bond donors (Lipinski definition) is 1. The summed E-state index contributed by atoms with van der Waals surface area (Å²) in [7, 11) is 2.03. The molecule has 37 heavy (non-hydrogen) atoms. The van der Waals surface area contributed by atoms with Crippen molar-refractivity contribution < 1.29 is 18.9 Å². The van der Waals surface area contributed by atoms with E-state index in [1.54, 1.807) is 16.8 Å². The summed E-state index contributed by atoms with van der Waals surface area (Å²) in [5, 5.41) is 2.46. The van der Waals surface area contributed by atoms with Gasteiger partial charge in [0.1, 0.15) is 5.65 Å². The van der Waals surface area contributed by atoms with E-state index in [-0.39, 0.29) is 23.1 Å². The molecule has 0 unspecified atom stereocenters. The molecular weight excluding hydrogens is 468 g/mol. The summed E-state index contributed by atoms with van der Waals surface area (Å²) in [5.74, 6) is -0.775. The number of para-hydroxylation sites is 1. The molecule has 1 aromatic carbocycles. The third-order valence-electron chi connectivity index (χ3n) is 8.02.